The molecule has 2 unspecified atom stereocenters. The number of alkyl halides is 3. The summed E-state index contributed by atoms with van der Waals surface area (Å²) in [6.45, 7) is 0.0238. The summed E-state index contributed by atoms with van der Waals surface area (Å²) in [5, 5.41) is 12.5. The number of carbonyl (C=O) groups is 3. The maximum absolute atomic E-state index is 13.7. The summed E-state index contributed by atoms with van der Waals surface area (Å²) in [6.07, 6.45) is 0.758. The number of hydrogen-bond donors (Lipinski definition) is 2. The van der Waals surface area contributed by atoms with Gasteiger partial charge in [-0.3, -0.25) is 14.4 Å². The maximum atomic E-state index is 13.7. The number of halogens is 3. The summed E-state index contributed by atoms with van der Waals surface area (Å²) < 4.78 is 46.1. The predicted molar refractivity (Wildman–Crippen MR) is 142 cm³/mol. The van der Waals surface area contributed by atoms with Crippen molar-refractivity contribution in [3.8, 4) is 11.1 Å². The van der Waals surface area contributed by atoms with E-state index in [1.165, 1.54) is 30.4 Å². The number of amides is 1. The van der Waals surface area contributed by atoms with E-state index < -0.39 is 47.5 Å². The topological polar surface area (TPSA) is 92.7 Å². The number of hydrogen-bond acceptors (Lipinski definition) is 4. The first-order valence-electron chi connectivity index (χ1n) is 12.5. The lowest BCUT2D eigenvalue weighted by Gasteiger charge is -2.36. The molecule has 0 aliphatic heterocycles. The average Bonchev–Trinajstić information content (AvgIpc) is 2.93. The molecule has 0 heterocycles. The second kappa shape index (κ2) is 12.0. The van der Waals surface area contributed by atoms with E-state index in [-0.39, 0.29) is 17.7 Å². The number of esters is 1. The molecule has 0 fully saturated rings. The fourth-order valence-corrected chi connectivity index (χ4v) is 4.59. The van der Waals surface area contributed by atoms with Crippen LogP contribution in [0.3, 0.4) is 0 Å². The van der Waals surface area contributed by atoms with Gasteiger partial charge in [-0.25, -0.2) is 0 Å². The molecule has 206 valence electrons. The van der Waals surface area contributed by atoms with E-state index in [2.05, 4.69) is 5.32 Å². The number of aliphatic carboxylic acids is 1. The molecule has 1 aliphatic carbocycles. The molecule has 6 nitrogen and oxygen atoms in total. The van der Waals surface area contributed by atoms with Gasteiger partial charge in [0, 0.05) is 12.0 Å². The average molecular weight is 550 g/mol. The number of benzene rings is 3. The first-order valence-corrected chi connectivity index (χ1v) is 12.5. The van der Waals surface area contributed by atoms with E-state index in [4.69, 9.17) is 4.74 Å². The lowest BCUT2D eigenvalue weighted by atomic mass is 9.77. The molecule has 0 bridgehead atoms. The fourth-order valence-electron chi connectivity index (χ4n) is 4.59. The van der Waals surface area contributed by atoms with Crippen LogP contribution in [0.4, 0.5) is 13.2 Å². The molecule has 2 atom stereocenters. The zero-order valence-corrected chi connectivity index (χ0v) is 21.2. The molecule has 2 N–H and O–H groups in total. The van der Waals surface area contributed by atoms with Gasteiger partial charge in [-0.1, -0.05) is 91.0 Å². The first-order chi connectivity index (χ1) is 19.1. The monoisotopic (exact) mass is 549 g/mol. The third-order valence-electron chi connectivity index (χ3n) is 6.59. The Balaban J connectivity index is 1.65. The molecule has 9 heteroatoms. The summed E-state index contributed by atoms with van der Waals surface area (Å²) in [7, 11) is 0. The Morgan fingerprint density at radius 3 is 2.25 bits per heavy atom. The van der Waals surface area contributed by atoms with Crippen molar-refractivity contribution in [1.82, 2.24) is 5.32 Å². The Morgan fingerprint density at radius 1 is 0.925 bits per heavy atom. The standard InChI is InChI=1S/C31H26F3NO5/c32-31(33,34)23-14-15-24(22-11-5-2-6-12-22)25(19-23)28(37)35-30(17-8-7-13-26(30)29(38)39)20-27(36)40-18-16-21-9-3-1-4-10-21/h1-15,17,19,26H,16,18,20H2,(H,35,37)(H,38,39). The van der Waals surface area contributed by atoms with Gasteiger partial charge in [0.2, 0.25) is 0 Å². The molecule has 0 spiro atoms. The minimum absolute atomic E-state index is 0.0238. The van der Waals surface area contributed by atoms with Gasteiger partial charge < -0.3 is 15.2 Å². The second-order valence-corrected chi connectivity index (χ2v) is 9.31. The van der Waals surface area contributed by atoms with Gasteiger partial charge in [0.25, 0.3) is 5.91 Å². The smallest absolute Gasteiger partial charge is 0.416 e. The van der Waals surface area contributed by atoms with Gasteiger partial charge in [0.05, 0.1) is 24.1 Å². The highest BCUT2D eigenvalue weighted by Gasteiger charge is 2.45. The van der Waals surface area contributed by atoms with Crippen LogP contribution in [0.5, 0.6) is 0 Å². The van der Waals surface area contributed by atoms with Crippen molar-refractivity contribution < 1.29 is 37.4 Å². The fraction of sp³-hybridized carbons (Fsp3) is 0.194. The molecule has 1 amide bonds. The van der Waals surface area contributed by atoms with Gasteiger partial charge in [-0.15, -0.1) is 0 Å². The number of ether oxygens (including phenoxy) is 1. The highest BCUT2D eigenvalue weighted by atomic mass is 19.4. The Morgan fingerprint density at radius 2 is 1.60 bits per heavy atom. The molecular formula is C31H26F3NO5. The summed E-state index contributed by atoms with van der Waals surface area (Å²) in [4.78, 5) is 38.8. The minimum atomic E-state index is -4.72. The summed E-state index contributed by atoms with van der Waals surface area (Å²) in [6, 6.07) is 20.4. The SMILES string of the molecule is O=C(CC1(NC(=O)c2cc(C(F)(F)F)ccc2-c2ccccc2)C=CC=CC1C(=O)O)OCCc1ccccc1. The highest BCUT2D eigenvalue weighted by molar-refractivity contribution is 6.02. The summed E-state index contributed by atoms with van der Waals surface area (Å²) in [5.41, 5.74) is -1.51. The van der Waals surface area contributed by atoms with Crippen molar-refractivity contribution in [2.24, 2.45) is 5.92 Å². The molecule has 40 heavy (non-hydrogen) atoms. The van der Waals surface area contributed by atoms with E-state index >= 15 is 0 Å². The predicted octanol–water partition coefficient (Wildman–Crippen LogP) is 5.84. The van der Waals surface area contributed by atoms with Crippen molar-refractivity contribution in [2.75, 3.05) is 6.61 Å². The summed E-state index contributed by atoms with van der Waals surface area (Å²) in [5.74, 6) is -4.44. The highest BCUT2D eigenvalue weighted by Crippen LogP contribution is 2.35. The minimum Gasteiger partial charge on any atom is -0.481 e. The third-order valence-corrected chi connectivity index (χ3v) is 6.59. The van der Waals surface area contributed by atoms with Crippen LogP contribution in [0.2, 0.25) is 0 Å². The van der Waals surface area contributed by atoms with Crippen molar-refractivity contribution in [1.29, 1.82) is 0 Å². The molecule has 1 aliphatic rings. The Labute approximate surface area is 228 Å². The Kier molecular flexibility index (Phi) is 8.52. The van der Waals surface area contributed by atoms with Crippen LogP contribution in [-0.2, 0) is 26.9 Å². The second-order valence-electron chi connectivity index (χ2n) is 9.31. The molecule has 4 rings (SSSR count). The van der Waals surface area contributed by atoms with Crippen LogP contribution in [0, 0.1) is 5.92 Å². The largest absolute Gasteiger partial charge is 0.481 e. The van der Waals surface area contributed by atoms with Crippen LogP contribution in [0.25, 0.3) is 11.1 Å². The van der Waals surface area contributed by atoms with Gasteiger partial charge in [-0.2, -0.15) is 13.2 Å². The lowest BCUT2D eigenvalue weighted by Crippen LogP contribution is -2.56. The van der Waals surface area contributed by atoms with Crippen molar-refractivity contribution in [3.05, 3.63) is 120 Å². The molecule has 3 aromatic carbocycles. The van der Waals surface area contributed by atoms with Crippen LogP contribution >= 0.6 is 0 Å². The van der Waals surface area contributed by atoms with E-state index in [0.717, 1.165) is 17.7 Å². The number of rotatable bonds is 9. The van der Waals surface area contributed by atoms with Crippen molar-refractivity contribution in [2.45, 2.75) is 24.6 Å². The molecular weight excluding hydrogens is 523 g/mol. The quantitative estimate of drug-likeness (QED) is 0.327. The Bertz CT molecular complexity index is 1430. The number of allylic oxidation sites excluding steroid dienone is 2. The van der Waals surface area contributed by atoms with Crippen LogP contribution in [0.15, 0.2) is 103 Å². The zero-order valence-electron chi connectivity index (χ0n) is 21.2. The first kappa shape index (κ1) is 28.4. The van der Waals surface area contributed by atoms with E-state index in [1.54, 1.807) is 30.3 Å². The number of nitrogens with one attached hydrogen (secondary N) is 1. The van der Waals surface area contributed by atoms with Gasteiger partial charge in [-0.05, 0) is 28.8 Å². The number of carboxylic acids is 1. The zero-order chi connectivity index (χ0) is 28.8. The van der Waals surface area contributed by atoms with E-state index in [1.807, 2.05) is 30.3 Å². The van der Waals surface area contributed by atoms with Crippen LogP contribution < -0.4 is 5.32 Å². The Hall–Kier alpha value is -4.66. The van der Waals surface area contributed by atoms with Crippen LogP contribution in [-0.4, -0.2) is 35.1 Å². The van der Waals surface area contributed by atoms with Gasteiger partial charge >= 0.3 is 18.1 Å². The van der Waals surface area contributed by atoms with Gasteiger partial charge in [0.15, 0.2) is 0 Å². The van der Waals surface area contributed by atoms with Gasteiger partial charge in [0.1, 0.15) is 5.92 Å². The third kappa shape index (κ3) is 6.66. The van der Waals surface area contributed by atoms with Crippen molar-refractivity contribution >= 4 is 17.8 Å². The molecule has 0 aromatic heterocycles. The van der Waals surface area contributed by atoms with E-state index in [9.17, 15) is 32.7 Å². The molecule has 0 saturated heterocycles. The van der Waals surface area contributed by atoms with E-state index in [0.29, 0.717) is 12.0 Å². The lowest BCUT2D eigenvalue weighted by molar-refractivity contribution is -0.147. The van der Waals surface area contributed by atoms with Crippen molar-refractivity contribution in [3.63, 3.8) is 0 Å². The molecule has 0 saturated carbocycles. The molecule has 0 radical (unpaired) electrons. The molecule has 3 aromatic rings. The maximum Gasteiger partial charge on any atom is 0.416 e. The number of carbonyl (C=O) groups excluding carboxylic acids is 2. The number of carboxylic acid groups (broad SMARTS) is 1. The van der Waals surface area contributed by atoms with Crippen LogP contribution in [0.1, 0.15) is 27.9 Å². The normalized spacial score (nSPS) is 18.2. The summed E-state index contributed by atoms with van der Waals surface area (Å²) >= 11 is 0.